The van der Waals surface area contributed by atoms with Crippen LogP contribution in [0.2, 0.25) is 0 Å². The van der Waals surface area contributed by atoms with Crippen LogP contribution in [0.5, 0.6) is 0 Å². The molecule has 0 radical (unpaired) electrons. The SMILES string of the molecule is CC(C)(C)N=CC(C)(C)C(C)(C)C=NC(C)(C)C. The molecule has 2 nitrogen and oxygen atoms in total. The van der Waals surface area contributed by atoms with Crippen LogP contribution in [0.3, 0.4) is 0 Å². The van der Waals surface area contributed by atoms with Crippen LogP contribution in [0.15, 0.2) is 9.98 Å². The van der Waals surface area contributed by atoms with Crippen molar-refractivity contribution in [1.82, 2.24) is 0 Å². The molecular formula is C16H32N2. The highest BCUT2D eigenvalue weighted by atomic mass is 14.8. The molecule has 0 fully saturated rings. The van der Waals surface area contributed by atoms with E-state index in [0.717, 1.165) is 0 Å². The Balaban J connectivity index is 5.09. The molecule has 0 aromatic rings. The molecule has 0 N–H and O–H groups in total. The van der Waals surface area contributed by atoms with Gasteiger partial charge in [0, 0.05) is 23.3 Å². The lowest BCUT2D eigenvalue weighted by Crippen LogP contribution is -2.36. The Morgan fingerprint density at radius 1 is 0.500 bits per heavy atom. The third-order valence-electron chi connectivity index (χ3n) is 3.21. The first-order chi connectivity index (χ1) is 7.66. The first kappa shape index (κ1) is 17.3. The van der Waals surface area contributed by atoms with E-state index in [1.807, 2.05) is 0 Å². The summed E-state index contributed by atoms with van der Waals surface area (Å²) in [4.78, 5) is 9.30. The maximum atomic E-state index is 4.65. The summed E-state index contributed by atoms with van der Waals surface area (Å²) in [5.41, 5.74) is -0.0763. The smallest absolute Gasteiger partial charge is 0.0520 e. The van der Waals surface area contributed by atoms with Gasteiger partial charge in [-0.1, -0.05) is 27.7 Å². The highest BCUT2D eigenvalue weighted by Gasteiger charge is 2.35. The summed E-state index contributed by atoms with van der Waals surface area (Å²) in [6.07, 6.45) is 4.17. The van der Waals surface area contributed by atoms with Crippen molar-refractivity contribution < 1.29 is 0 Å². The van der Waals surface area contributed by atoms with Gasteiger partial charge in [0.2, 0.25) is 0 Å². The minimum atomic E-state index is -0.0193. The van der Waals surface area contributed by atoms with E-state index < -0.39 is 0 Å². The second-order valence-corrected chi connectivity index (χ2v) is 8.30. The maximum Gasteiger partial charge on any atom is 0.0520 e. The van der Waals surface area contributed by atoms with Crippen molar-refractivity contribution in [2.45, 2.75) is 80.3 Å². The summed E-state index contributed by atoms with van der Waals surface area (Å²) < 4.78 is 0. The molecule has 0 rings (SSSR count). The Labute approximate surface area is 114 Å². The molecule has 0 aromatic carbocycles. The Morgan fingerprint density at radius 3 is 0.889 bits per heavy atom. The summed E-state index contributed by atoms with van der Waals surface area (Å²) in [5, 5.41) is 0. The number of hydrogen-bond donors (Lipinski definition) is 0. The van der Waals surface area contributed by atoms with Crippen molar-refractivity contribution >= 4 is 12.4 Å². The number of rotatable bonds is 3. The normalized spacial score (nSPS) is 15.9. The Bertz CT molecular complexity index is 286. The molecule has 0 aromatic heterocycles. The van der Waals surface area contributed by atoms with Gasteiger partial charge in [-0.3, -0.25) is 9.98 Å². The van der Waals surface area contributed by atoms with Gasteiger partial charge >= 0.3 is 0 Å². The molecule has 106 valence electrons. The van der Waals surface area contributed by atoms with Crippen molar-refractivity contribution in [3.8, 4) is 0 Å². The molecule has 0 heterocycles. The highest BCUT2D eigenvalue weighted by molar-refractivity contribution is 5.77. The van der Waals surface area contributed by atoms with E-state index in [2.05, 4.69) is 91.7 Å². The van der Waals surface area contributed by atoms with Gasteiger partial charge in [0.05, 0.1) is 11.1 Å². The molecule has 0 saturated heterocycles. The molecule has 2 heteroatoms. The van der Waals surface area contributed by atoms with Crippen molar-refractivity contribution in [1.29, 1.82) is 0 Å². The molecule has 0 atom stereocenters. The predicted octanol–water partition coefficient (Wildman–Crippen LogP) is 4.78. The van der Waals surface area contributed by atoms with E-state index >= 15 is 0 Å². The lowest BCUT2D eigenvalue weighted by atomic mass is 9.69. The van der Waals surface area contributed by atoms with E-state index in [9.17, 15) is 0 Å². The van der Waals surface area contributed by atoms with Gasteiger partial charge in [-0.05, 0) is 41.5 Å². The standard InChI is InChI=1S/C16H32N2/c1-13(2,3)17-11-15(7,8)16(9,10)12-18-14(4,5)6/h11-12H,1-10H3. The summed E-state index contributed by atoms with van der Waals surface area (Å²) in [5.74, 6) is 0. The van der Waals surface area contributed by atoms with E-state index in [4.69, 9.17) is 0 Å². The Kier molecular flexibility index (Phi) is 4.96. The molecule has 0 amide bonds. The lowest BCUT2D eigenvalue weighted by Gasteiger charge is -2.37. The minimum absolute atomic E-state index is 0.0188. The zero-order valence-corrected chi connectivity index (χ0v) is 14.0. The monoisotopic (exact) mass is 252 g/mol. The summed E-state index contributed by atoms with van der Waals surface area (Å²) in [7, 11) is 0. The van der Waals surface area contributed by atoms with Crippen LogP contribution >= 0.6 is 0 Å². The van der Waals surface area contributed by atoms with Crippen molar-refractivity contribution in [3.63, 3.8) is 0 Å². The Hall–Kier alpha value is -0.660. The van der Waals surface area contributed by atoms with Gasteiger partial charge in [0.1, 0.15) is 0 Å². The van der Waals surface area contributed by atoms with Gasteiger partial charge in [0.25, 0.3) is 0 Å². The number of hydrogen-bond acceptors (Lipinski definition) is 2. The van der Waals surface area contributed by atoms with Gasteiger partial charge in [-0.15, -0.1) is 0 Å². The van der Waals surface area contributed by atoms with E-state index in [1.165, 1.54) is 0 Å². The first-order valence-corrected chi connectivity index (χ1v) is 6.79. The second-order valence-electron chi connectivity index (χ2n) is 8.30. The molecule has 0 saturated carbocycles. The average Bonchev–Trinajstić information content (AvgIpc) is 2.10. The van der Waals surface area contributed by atoms with Gasteiger partial charge < -0.3 is 0 Å². The fourth-order valence-corrected chi connectivity index (χ4v) is 1.04. The van der Waals surface area contributed by atoms with Crippen molar-refractivity contribution in [3.05, 3.63) is 0 Å². The topological polar surface area (TPSA) is 24.7 Å². The molecule has 0 aliphatic rings. The fraction of sp³-hybridized carbons (Fsp3) is 0.875. The highest BCUT2D eigenvalue weighted by Crippen LogP contribution is 2.36. The number of aliphatic imine (C=N–C) groups is 2. The van der Waals surface area contributed by atoms with E-state index in [1.54, 1.807) is 0 Å². The van der Waals surface area contributed by atoms with Gasteiger partial charge in [0.15, 0.2) is 0 Å². The van der Waals surface area contributed by atoms with E-state index in [-0.39, 0.29) is 21.9 Å². The molecule has 0 aliphatic heterocycles. The quantitative estimate of drug-likeness (QED) is 0.646. The van der Waals surface area contributed by atoms with Crippen molar-refractivity contribution in [2.24, 2.45) is 20.8 Å². The molecule has 18 heavy (non-hydrogen) atoms. The third kappa shape index (κ3) is 6.32. The van der Waals surface area contributed by atoms with Gasteiger partial charge in [-0.2, -0.15) is 0 Å². The molecule has 0 aliphatic carbocycles. The van der Waals surface area contributed by atoms with Crippen LogP contribution < -0.4 is 0 Å². The maximum absolute atomic E-state index is 4.65. The fourth-order valence-electron chi connectivity index (χ4n) is 1.04. The summed E-state index contributed by atoms with van der Waals surface area (Å²) in [6.45, 7) is 21.6. The summed E-state index contributed by atoms with van der Waals surface area (Å²) >= 11 is 0. The second kappa shape index (κ2) is 5.14. The average molecular weight is 252 g/mol. The van der Waals surface area contributed by atoms with Crippen LogP contribution in [0.1, 0.15) is 69.2 Å². The largest absolute Gasteiger partial charge is 0.291 e. The number of nitrogens with zero attached hydrogens (tertiary/aromatic N) is 2. The van der Waals surface area contributed by atoms with Crippen LogP contribution in [-0.4, -0.2) is 23.5 Å². The van der Waals surface area contributed by atoms with Crippen LogP contribution in [0.4, 0.5) is 0 Å². The van der Waals surface area contributed by atoms with Gasteiger partial charge in [-0.25, -0.2) is 0 Å². The summed E-state index contributed by atoms with van der Waals surface area (Å²) in [6, 6.07) is 0. The Morgan fingerprint density at radius 2 is 0.722 bits per heavy atom. The molecule has 0 spiro atoms. The predicted molar refractivity (Wildman–Crippen MR) is 84.1 cm³/mol. The zero-order valence-electron chi connectivity index (χ0n) is 14.0. The zero-order chi connectivity index (χ0) is 14.8. The molecule has 0 unspecified atom stereocenters. The van der Waals surface area contributed by atoms with Crippen molar-refractivity contribution in [2.75, 3.05) is 0 Å². The molecular weight excluding hydrogens is 220 g/mol. The first-order valence-electron chi connectivity index (χ1n) is 6.79. The van der Waals surface area contributed by atoms with Crippen LogP contribution in [-0.2, 0) is 0 Å². The third-order valence-corrected chi connectivity index (χ3v) is 3.21. The van der Waals surface area contributed by atoms with E-state index in [0.29, 0.717) is 0 Å². The molecule has 0 bridgehead atoms. The minimum Gasteiger partial charge on any atom is -0.291 e. The van der Waals surface area contributed by atoms with Crippen LogP contribution in [0, 0.1) is 10.8 Å². The lowest BCUT2D eigenvalue weighted by molar-refractivity contribution is 0.296. The van der Waals surface area contributed by atoms with Crippen LogP contribution in [0.25, 0.3) is 0 Å².